The minimum Gasteiger partial charge on any atom is -0.255 e. The van der Waals surface area contributed by atoms with Gasteiger partial charge in [0.25, 0.3) is 0 Å². The molecule has 11 heteroatoms. The summed E-state index contributed by atoms with van der Waals surface area (Å²) in [4.78, 5) is 0. The fourth-order valence-corrected chi connectivity index (χ4v) is 4.43. The molecule has 2 unspecified atom stereocenters. The van der Waals surface area contributed by atoms with Gasteiger partial charge in [-0.1, -0.05) is 54.6 Å². The van der Waals surface area contributed by atoms with Gasteiger partial charge in [-0.15, -0.1) is 0 Å². The van der Waals surface area contributed by atoms with Gasteiger partial charge in [0.05, 0.1) is 33.4 Å². The third kappa shape index (κ3) is 11.1. The van der Waals surface area contributed by atoms with Gasteiger partial charge in [-0.05, 0) is 64.6 Å². The summed E-state index contributed by atoms with van der Waals surface area (Å²) < 4.78 is 96.8. The molecular formula is C26H21ClF6O2S2. The SMILES string of the molecule is C=CS(=O)Cc1ccc(C(F)(F)F)cc1.O=S(/C=C/c1ccc(Cl)cc1)Cc1ccc(C(F)(F)F)cc1. The molecule has 198 valence electrons. The van der Waals surface area contributed by atoms with Crippen LogP contribution in [-0.4, -0.2) is 8.42 Å². The quantitative estimate of drug-likeness (QED) is 0.264. The maximum absolute atomic E-state index is 12.4. The highest BCUT2D eigenvalue weighted by Crippen LogP contribution is 2.30. The van der Waals surface area contributed by atoms with Crippen molar-refractivity contribution in [1.29, 1.82) is 0 Å². The van der Waals surface area contributed by atoms with Crippen LogP contribution in [0.2, 0.25) is 5.02 Å². The molecule has 2 nitrogen and oxygen atoms in total. The first-order valence-electron chi connectivity index (χ1n) is 10.4. The molecule has 0 saturated carbocycles. The van der Waals surface area contributed by atoms with Crippen LogP contribution in [-0.2, 0) is 45.5 Å². The maximum atomic E-state index is 12.4. The first-order valence-corrected chi connectivity index (χ1v) is 13.5. The summed E-state index contributed by atoms with van der Waals surface area (Å²) >= 11 is 5.76. The van der Waals surface area contributed by atoms with E-state index in [-0.39, 0.29) is 11.5 Å². The molecule has 2 atom stereocenters. The van der Waals surface area contributed by atoms with Gasteiger partial charge in [0, 0.05) is 21.2 Å². The van der Waals surface area contributed by atoms with E-state index >= 15 is 0 Å². The van der Waals surface area contributed by atoms with Crippen molar-refractivity contribution in [2.45, 2.75) is 23.9 Å². The Kier molecular flexibility index (Phi) is 11.3. The zero-order chi connectivity index (χ0) is 27.6. The lowest BCUT2D eigenvalue weighted by molar-refractivity contribution is -0.138. The molecule has 0 bridgehead atoms. The molecule has 3 aromatic carbocycles. The Bertz CT molecular complexity index is 1230. The van der Waals surface area contributed by atoms with E-state index in [4.69, 9.17) is 11.6 Å². The second-order valence-electron chi connectivity index (χ2n) is 7.46. The van der Waals surface area contributed by atoms with E-state index in [9.17, 15) is 34.8 Å². The molecule has 0 aliphatic heterocycles. The van der Waals surface area contributed by atoms with Crippen molar-refractivity contribution >= 4 is 39.3 Å². The molecular weight excluding hydrogens is 558 g/mol. The van der Waals surface area contributed by atoms with Crippen molar-refractivity contribution in [2.75, 3.05) is 0 Å². The van der Waals surface area contributed by atoms with E-state index in [1.54, 1.807) is 30.3 Å². The van der Waals surface area contributed by atoms with Crippen LogP contribution >= 0.6 is 11.6 Å². The number of alkyl halides is 6. The molecule has 0 aliphatic rings. The number of benzene rings is 3. The summed E-state index contributed by atoms with van der Waals surface area (Å²) in [6.07, 6.45) is -6.99. The lowest BCUT2D eigenvalue weighted by Gasteiger charge is -2.06. The molecule has 0 aliphatic carbocycles. The highest BCUT2D eigenvalue weighted by atomic mass is 35.5. The number of hydrogen-bond acceptors (Lipinski definition) is 2. The smallest absolute Gasteiger partial charge is 0.255 e. The van der Waals surface area contributed by atoms with Gasteiger partial charge >= 0.3 is 12.4 Å². The minimum atomic E-state index is -4.35. The Balaban J connectivity index is 0.000000281. The average molecular weight is 579 g/mol. The number of rotatable bonds is 7. The lowest BCUT2D eigenvalue weighted by Crippen LogP contribution is -2.04. The zero-order valence-electron chi connectivity index (χ0n) is 19.1. The summed E-state index contributed by atoms with van der Waals surface area (Å²) in [5, 5.41) is 3.39. The highest BCUT2D eigenvalue weighted by Gasteiger charge is 2.30. The fraction of sp³-hybridized carbons (Fsp3) is 0.154. The fourth-order valence-electron chi connectivity index (χ4n) is 2.74. The third-order valence-corrected chi connectivity index (χ3v) is 6.95. The van der Waals surface area contributed by atoms with Crippen LogP contribution in [0.1, 0.15) is 27.8 Å². The molecule has 0 amide bonds. The van der Waals surface area contributed by atoms with Crippen molar-refractivity contribution in [2.24, 2.45) is 0 Å². The largest absolute Gasteiger partial charge is 0.416 e. The lowest BCUT2D eigenvalue weighted by atomic mass is 10.1. The van der Waals surface area contributed by atoms with Crippen molar-refractivity contribution < 1.29 is 34.8 Å². The molecule has 0 radical (unpaired) electrons. The predicted molar refractivity (Wildman–Crippen MR) is 137 cm³/mol. The first kappa shape index (κ1) is 30.5. The van der Waals surface area contributed by atoms with E-state index in [0.717, 1.165) is 29.8 Å². The monoisotopic (exact) mass is 578 g/mol. The summed E-state index contributed by atoms with van der Waals surface area (Å²) in [5.74, 6) is 0.365. The van der Waals surface area contributed by atoms with Crippen LogP contribution in [0.4, 0.5) is 26.3 Å². The molecule has 37 heavy (non-hydrogen) atoms. The molecule has 0 fully saturated rings. The van der Waals surface area contributed by atoms with Crippen LogP contribution in [0, 0.1) is 0 Å². The van der Waals surface area contributed by atoms with Crippen LogP contribution in [0.5, 0.6) is 0 Å². The van der Waals surface area contributed by atoms with E-state index in [0.29, 0.717) is 16.1 Å². The van der Waals surface area contributed by atoms with Gasteiger partial charge in [-0.25, -0.2) is 0 Å². The van der Waals surface area contributed by atoms with Crippen LogP contribution in [0.15, 0.2) is 90.2 Å². The van der Waals surface area contributed by atoms with Gasteiger partial charge in [-0.2, -0.15) is 26.3 Å². The van der Waals surface area contributed by atoms with Crippen molar-refractivity contribution in [3.05, 3.63) is 123 Å². The first-order chi connectivity index (χ1) is 17.3. The molecule has 3 aromatic rings. The average Bonchev–Trinajstić information content (AvgIpc) is 2.83. The Hall–Kier alpha value is -2.69. The molecule has 0 saturated heterocycles. The Morgan fingerprint density at radius 2 is 1.08 bits per heavy atom. The summed E-state index contributed by atoms with van der Waals surface area (Å²) in [6.45, 7) is 3.33. The summed E-state index contributed by atoms with van der Waals surface area (Å²) in [7, 11) is -2.52. The predicted octanol–water partition coefficient (Wildman–Crippen LogP) is 8.38. The van der Waals surface area contributed by atoms with Gasteiger partial charge in [0.2, 0.25) is 0 Å². The second-order valence-corrected chi connectivity index (χ2v) is 10.6. The standard InChI is InChI=1S/C16H12ClF3OS.C10H9F3OS/c17-15-7-3-12(4-8-15)9-10-22(21)11-13-1-5-14(6-2-13)16(18,19)20;1-2-15(14)7-8-3-5-9(6-4-8)10(11,12)13/h1-10H,11H2;2-6H,1,7H2/b10-9+;. The summed E-state index contributed by atoms with van der Waals surface area (Å²) in [5.41, 5.74) is 0.632. The van der Waals surface area contributed by atoms with Crippen molar-refractivity contribution in [3.8, 4) is 0 Å². The van der Waals surface area contributed by atoms with Gasteiger partial charge in [0.1, 0.15) is 0 Å². The molecule has 0 N–H and O–H groups in total. The number of hydrogen-bond donors (Lipinski definition) is 0. The highest BCUT2D eigenvalue weighted by molar-refractivity contribution is 7.87. The van der Waals surface area contributed by atoms with E-state index in [2.05, 4.69) is 6.58 Å². The van der Waals surface area contributed by atoms with E-state index in [1.807, 2.05) is 0 Å². The maximum Gasteiger partial charge on any atom is 0.416 e. The zero-order valence-corrected chi connectivity index (χ0v) is 21.4. The molecule has 0 aromatic heterocycles. The molecule has 3 rings (SSSR count). The van der Waals surface area contributed by atoms with Gasteiger partial charge in [-0.3, -0.25) is 8.42 Å². The van der Waals surface area contributed by atoms with Gasteiger partial charge in [0.15, 0.2) is 0 Å². The van der Waals surface area contributed by atoms with Gasteiger partial charge < -0.3 is 0 Å². The van der Waals surface area contributed by atoms with Crippen molar-refractivity contribution in [3.63, 3.8) is 0 Å². The van der Waals surface area contributed by atoms with Crippen LogP contribution in [0.25, 0.3) is 6.08 Å². The Morgan fingerprint density at radius 3 is 1.46 bits per heavy atom. The van der Waals surface area contributed by atoms with E-state index < -0.39 is 45.1 Å². The Labute approximate surface area is 220 Å². The molecule has 0 heterocycles. The third-order valence-electron chi connectivity index (χ3n) is 4.65. The summed E-state index contributed by atoms with van der Waals surface area (Å²) in [6, 6.07) is 16.3. The van der Waals surface area contributed by atoms with E-state index in [1.165, 1.54) is 35.1 Å². The Morgan fingerprint density at radius 1 is 0.676 bits per heavy atom. The van der Waals surface area contributed by atoms with Crippen LogP contribution < -0.4 is 0 Å². The second kappa shape index (κ2) is 13.7. The van der Waals surface area contributed by atoms with Crippen LogP contribution in [0.3, 0.4) is 0 Å². The number of halogens is 7. The molecule has 0 spiro atoms. The topological polar surface area (TPSA) is 34.1 Å². The normalized spacial score (nSPS) is 13.5. The minimum absolute atomic E-state index is 0.169. The van der Waals surface area contributed by atoms with Crippen molar-refractivity contribution in [1.82, 2.24) is 0 Å².